The lowest BCUT2D eigenvalue weighted by Crippen LogP contribution is -2.24. The number of rotatable bonds is 3. The molecule has 0 unspecified atom stereocenters. The molecule has 3 N–H and O–H groups in total. The minimum atomic E-state index is 0.0370. The molecule has 0 aliphatic carbocycles. The van der Waals surface area contributed by atoms with E-state index in [1.165, 1.54) is 0 Å². The molecule has 0 bridgehead atoms. The lowest BCUT2D eigenvalue weighted by atomic mass is 10.4. The van der Waals surface area contributed by atoms with E-state index in [1.807, 2.05) is 6.92 Å². The minimum absolute atomic E-state index is 0.0370. The molecule has 0 saturated carbocycles. The van der Waals surface area contributed by atoms with Crippen molar-refractivity contribution >= 4 is 5.91 Å². The summed E-state index contributed by atoms with van der Waals surface area (Å²) in [5, 5.41) is 2.63. The molecule has 0 fully saturated rings. The van der Waals surface area contributed by atoms with Crippen LogP contribution in [0.3, 0.4) is 0 Å². The fourth-order valence-electron chi connectivity index (χ4n) is 0.417. The molecule has 8 heavy (non-hydrogen) atoms. The maximum Gasteiger partial charge on any atom is 0.221 e. The van der Waals surface area contributed by atoms with Crippen molar-refractivity contribution in [3.63, 3.8) is 0 Å². The molecule has 0 aliphatic heterocycles. The summed E-state index contributed by atoms with van der Waals surface area (Å²) in [7, 11) is 0. The molecule has 0 spiro atoms. The summed E-state index contributed by atoms with van der Waals surface area (Å²) in [5.41, 5.74) is 5.10. The fourth-order valence-corrected chi connectivity index (χ4v) is 0.417. The van der Waals surface area contributed by atoms with Gasteiger partial charge in [-0.15, -0.1) is 0 Å². The lowest BCUT2D eigenvalue weighted by Gasteiger charge is -1.96. The van der Waals surface area contributed by atoms with E-state index < -0.39 is 0 Å². The Hall–Kier alpha value is -0.570. The van der Waals surface area contributed by atoms with Gasteiger partial charge in [0.1, 0.15) is 0 Å². The van der Waals surface area contributed by atoms with E-state index in [4.69, 9.17) is 5.73 Å². The third kappa shape index (κ3) is 3.61. The number of nitrogens with one attached hydrogen (secondary N) is 1. The van der Waals surface area contributed by atoms with Crippen molar-refractivity contribution in [1.82, 2.24) is 5.32 Å². The van der Waals surface area contributed by atoms with Gasteiger partial charge in [-0.1, -0.05) is 0 Å². The first kappa shape index (κ1) is 7.43. The molecule has 3 heteroatoms. The summed E-state index contributed by atoms with van der Waals surface area (Å²) in [4.78, 5) is 10.5. The predicted molar refractivity (Wildman–Crippen MR) is 32.4 cm³/mol. The number of carbonyl (C=O) groups is 1. The molecule has 0 radical (unpaired) electrons. The Labute approximate surface area is 49.3 Å². The zero-order valence-electron chi connectivity index (χ0n) is 5.11. The minimum Gasteiger partial charge on any atom is -0.356 e. The Kier molecular flexibility index (Phi) is 4.26. The smallest absolute Gasteiger partial charge is 0.221 e. The summed E-state index contributed by atoms with van der Waals surface area (Å²) in [5.74, 6) is 0.0370. The van der Waals surface area contributed by atoms with Gasteiger partial charge in [-0.3, -0.25) is 4.79 Å². The van der Waals surface area contributed by atoms with Crippen LogP contribution in [0.25, 0.3) is 0 Å². The van der Waals surface area contributed by atoms with Gasteiger partial charge < -0.3 is 11.1 Å². The van der Waals surface area contributed by atoms with E-state index in [-0.39, 0.29) is 5.91 Å². The summed E-state index contributed by atoms with van der Waals surface area (Å²) in [6.45, 7) is 3.01. The Balaban J connectivity index is 3.06. The summed E-state index contributed by atoms with van der Waals surface area (Å²) >= 11 is 0. The Morgan fingerprint density at radius 3 is 2.75 bits per heavy atom. The molecule has 0 aromatic heterocycles. The van der Waals surface area contributed by atoms with Gasteiger partial charge in [-0.25, -0.2) is 0 Å². The van der Waals surface area contributed by atoms with Crippen molar-refractivity contribution < 1.29 is 4.79 Å². The molecule has 0 aromatic carbocycles. The van der Waals surface area contributed by atoms with Crippen LogP contribution in [0.4, 0.5) is 0 Å². The number of amides is 1. The number of hydrogen-bond donors (Lipinski definition) is 2. The van der Waals surface area contributed by atoms with Crippen LogP contribution in [0.5, 0.6) is 0 Å². The van der Waals surface area contributed by atoms with Crippen LogP contribution in [0.15, 0.2) is 0 Å². The maximum absolute atomic E-state index is 10.5. The molecule has 0 rings (SSSR count). The highest BCUT2D eigenvalue weighted by Gasteiger charge is 1.92. The molecule has 0 aliphatic rings. The molecule has 0 saturated heterocycles. The second kappa shape index (κ2) is 4.59. The first-order chi connectivity index (χ1) is 3.81. The fraction of sp³-hybridized carbons (Fsp3) is 0.800. The van der Waals surface area contributed by atoms with Gasteiger partial charge in [0.2, 0.25) is 5.91 Å². The zero-order chi connectivity index (χ0) is 6.41. The normalized spacial score (nSPS) is 8.75. The van der Waals surface area contributed by atoms with E-state index in [9.17, 15) is 4.79 Å². The summed E-state index contributed by atoms with van der Waals surface area (Å²) in [6, 6.07) is 0. The van der Waals surface area contributed by atoms with Crippen LogP contribution in [0, 0.1) is 0 Å². The topological polar surface area (TPSA) is 55.1 Å². The second-order valence-corrected chi connectivity index (χ2v) is 1.49. The third-order valence-corrected chi connectivity index (χ3v) is 0.745. The van der Waals surface area contributed by atoms with Gasteiger partial charge >= 0.3 is 0 Å². The highest BCUT2D eigenvalue weighted by atomic mass is 16.1. The molecule has 3 nitrogen and oxygen atoms in total. The molecule has 0 aromatic rings. The van der Waals surface area contributed by atoms with Crippen LogP contribution in [-0.2, 0) is 4.79 Å². The van der Waals surface area contributed by atoms with Crippen LogP contribution >= 0.6 is 0 Å². The van der Waals surface area contributed by atoms with Crippen molar-refractivity contribution in [2.75, 3.05) is 13.1 Å². The van der Waals surface area contributed by atoms with Crippen LogP contribution in [0.2, 0.25) is 0 Å². The Morgan fingerprint density at radius 2 is 2.38 bits per heavy atom. The largest absolute Gasteiger partial charge is 0.356 e. The third-order valence-electron chi connectivity index (χ3n) is 0.745. The van der Waals surface area contributed by atoms with Crippen molar-refractivity contribution in [2.45, 2.75) is 13.3 Å². The van der Waals surface area contributed by atoms with E-state index in [0.29, 0.717) is 19.5 Å². The first-order valence-electron chi connectivity index (χ1n) is 2.78. The monoisotopic (exact) mass is 116 g/mol. The van der Waals surface area contributed by atoms with Crippen molar-refractivity contribution in [3.05, 3.63) is 0 Å². The Morgan fingerprint density at radius 1 is 1.75 bits per heavy atom. The van der Waals surface area contributed by atoms with Crippen LogP contribution < -0.4 is 11.1 Å². The van der Waals surface area contributed by atoms with Crippen LogP contribution in [0.1, 0.15) is 13.3 Å². The SMILES string of the molecule is CCNC(=O)CCN. The molecule has 0 heterocycles. The zero-order valence-corrected chi connectivity index (χ0v) is 5.11. The highest BCUT2D eigenvalue weighted by Crippen LogP contribution is 1.71. The van der Waals surface area contributed by atoms with E-state index in [0.717, 1.165) is 0 Å². The molecular formula is C5H12N2O. The van der Waals surface area contributed by atoms with E-state index in [2.05, 4.69) is 5.32 Å². The van der Waals surface area contributed by atoms with Crippen molar-refractivity contribution in [2.24, 2.45) is 5.73 Å². The molecule has 48 valence electrons. The second-order valence-electron chi connectivity index (χ2n) is 1.49. The van der Waals surface area contributed by atoms with Gasteiger partial charge in [0.05, 0.1) is 0 Å². The van der Waals surface area contributed by atoms with E-state index >= 15 is 0 Å². The maximum atomic E-state index is 10.5. The van der Waals surface area contributed by atoms with Gasteiger partial charge in [0, 0.05) is 19.5 Å². The first-order valence-corrected chi connectivity index (χ1v) is 2.78. The Bertz CT molecular complexity index is 64.8. The van der Waals surface area contributed by atoms with Crippen LogP contribution in [-0.4, -0.2) is 19.0 Å². The number of hydrogen-bond acceptors (Lipinski definition) is 2. The standard InChI is InChI=1S/C5H12N2O/c1-2-7-5(8)3-4-6/h2-4,6H2,1H3,(H,7,8). The van der Waals surface area contributed by atoms with E-state index in [1.54, 1.807) is 0 Å². The average molecular weight is 116 g/mol. The summed E-state index contributed by atoms with van der Waals surface area (Å²) < 4.78 is 0. The predicted octanol–water partition coefficient (Wildman–Crippen LogP) is -0.529. The van der Waals surface area contributed by atoms with Gasteiger partial charge in [0.15, 0.2) is 0 Å². The molecule has 1 amide bonds. The van der Waals surface area contributed by atoms with Crippen molar-refractivity contribution in [3.8, 4) is 0 Å². The van der Waals surface area contributed by atoms with Gasteiger partial charge in [0.25, 0.3) is 0 Å². The highest BCUT2D eigenvalue weighted by molar-refractivity contribution is 5.75. The average Bonchev–Trinajstić information content (AvgIpc) is 1.68. The molecule has 0 atom stereocenters. The summed E-state index contributed by atoms with van der Waals surface area (Å²) in [6.07, 6.45) is 0.438. The van der Waals surface area contributed by atoms with Gasteiger partial charge in [-0.2, -0.15) is 0 Å². The van der Waals surface area contributed by atoms with Gasteiger partial charge in [-0.05, 0) is 6.92 Å². The van der Waals surface area contributed by atoms with Crippen molar-refractivity contribution in [1.29, 1.82) is 0 Å². The number of carbonyl (C=O) groups excluding carboxylic acids is 1. The molecular weight excluding hydrogens is 104 g/mol. The quantitative estimate of drug-likeness (QED) is 0.521. The lowest BCUT2D eigenvalue weighted by molar-refractivity contribution is -0.120. The number of nitrogens with two attached hydrogens (primary N) is 1.